The molecule has 3 aromatic rings. The van der Waals surface area contributed by atoms with Gasteiger partial charge in [0.25, 0.3) is 11.7 Å². The molecule has 1 saturated heterocycles. The molecule has 1 atom stereocenters. The lowest BCUT2D eigenvalue weighted by molar-refractivity contribution is -0.132. The SMILES string of the molecule is CCc1ccc(C2/C(=C(\O)c3cc(Cl)cc(Cl)c3OC)C(=O)C(=O)N2c2ccccc2)cc1. The Morgan fingerprint density at radius 2 is 1.70 bits per heavy atom. The Balaban J connectivity index is 1.99. The lowest BCUT2D eigenvalue weighted by atomic mass is 9.94. The monoisotopic (exact) mass is 481 g/mol. The van der Waals surface area contributed by atoms with Crippen LogP contribution in [0.15, 0.2) is 72.3 Å². The molecule has 1 aliphatic heterocycles. The van der Waals surface area contributed by atoms with E-state index in [4.69, 9.17) is 27.9 Å². The van der Waals surface area contributed by atoms with Crippen LogP contribution < -0.4 is 9.64 Å². The molecule has 0 aromatic heterocycles. The number of amides is 1. The number of aliphatic hydroxyl groups excluding tert-OH is 1. The summed E-state index contributed by atoms with van der Waals surface area (Å²) in [6.45, 7) is 2.04. The maximum atomic E-state index is 13.3. The summed E-state index contributed by atoms with van der Waals surface area (Å²) in [5, 5.41) is 11.8. The van der Waals surface area contributed by atoms with Crippen LogP contribution in [0.5, 0.6) is 5.75 Å². The number of carbonyl (C=O) groups excluding carboxylic acids is 2. The van der Waals surface area contributed by atoms with Crippen LogP contribution in [0.1, 0.15) is 29.7 Å². The summed E-state index contributed by atoms with van der Waals surface area (Å²) in [5.74, 6) is -1.79. The first-order chi connectivity index (χ1) is 15.9. The summed E-state index contributed by atoms with van der Waals surface area (Å²) < 4.78 is 5.36. The molecular formula is C26H21Cl2NO4. The second-order valence-electron chi connectivity index (χ2n) is 7.57. The largest absolute Gasteiger partial charge is 0.507 e. The number of halogens is 2. The number of nitrogens with zero attached hydrogens (tertiary/aromatic N) is 1. The number of hydrogen-bond acceptors (Lipinski definition) is 4. The minimum absolute atomic E-state index is 0.0651. The van der Waals surface area contributed by atoms with E-state index in [0.29, 0.717) is 11.3 Å². The van der Waals surface area contributed by atoms with Crippen molar-refractivity contribution in [2.45, 2.75) is 19.4 Å². The van der Waals surface area contributed by atoms with Crippen LogP contribution in [0, 0.1) is 0 Å². The van der Waals surface area contributed by atoms with Crippen molar-refractivity contribution in [1.82, 2.24) is 0 Å². The summed E-state index contributed by atoms with van der Waals surface area (Å²) in [6, 6.07) is 18.6. The zero-order chi connectivity index (χ0) is 23.7. The maximum absolute atomic E-state index is 13.3. The Morgan fingerprint density at radius 3 is 2.30 bits per heavy atom. The summed E-state index contributed by atoms with van der Waals surface area (Å²) >= 11 is 12.4. The fourth-order valence-electron chi connectivity index (χ4n) is 4.03. The van der Waals surface area contributed by atoms with Crippen LogP contribution in [0.3, 0.4) is 0 Å². The van der Waals surface area contributed by atoms with E-state index in [1.807, 2.05) is 37.3 Å². The third kappa shape index (κ3) is 4.10. The molecule has 3 aromatic carbocycles. The van der Waals surface area contributed by atoms with Crippen LogP contribution in [-0.4, -0.2) is 23.9 Å². The van der Waals surface area contributed by atoms with E-state index < -0.39 is 23.5 Å². The predicted molar refractivity (Wildman–Crippen MR) is 130 cm³/mol. The fraction of sp³-hybridized carbons (Fsp3) is 0.154. The van der Waals surface area contributed by atoms with Crippen LogP contribution in [0.2, 0.25) is 10.0 Å². The van der Waals surface area contributed by atoms with Crippen molar-refractivity contribution in [3.63, 3.8) is 0 Å². The molecule has 4 rings (SSSR count). The van der Waals surface area contributed by atoms with Gasteiger partial charge >= 0.3 is 0 Å². The minimum Gasteiger partial charge on any atom is -0.507 e. The van der Waals surface area contributed by atoms with Crippen molar-refractivity contribution in [2.24, 2.45) is 0 Å². The molecular weight excluding hydrogens is 461 g/mol. The second kappa shape index (κ2) is 9.30. The Bertz CT molecular complexity index is 1250. The van der Waals surface area contributed by atoms with Crippen LogP contribution >= 0.6 is 23.2 Å². The molecule has 33 heavy (non-hydrogen) atoms. The Labute approximate surface area is 201 Å². The highest BCUT2D eigenvalue weighted by atomic mass is 35.5. The first-order valence-corrected chi connectivity index (χ1v) is 11.1. The normalized spacial score (nSPS) is 17.5. The number of ether oxygens (including phenoxy) is 1. The molecule has 7 heteroatoms. The van der Waals surface area contributed by atoms with Crippen LogP contribution in [-0.2, 0) is 16.0 Å². The number of Topliss-reactive ketones (excluding diaryl/α,β-unsaturated/α-hetero) is 1. The van der Waals surface area contributed by atoms with Gasteiger partial charge in [0.15, 0.2) is 0 Å². The highest BCUT2D eigenvalue weighted by molar-refractivity contribution is 6.51. The van der Waals surface area contributed by atoms with Gasteiger partial charge in [-0.3, -0.25) is 14.5 Å². The summed E-state index contributed by atoms with van der Waals surface area (Å²) in [6.07, 6.45) is 0.845. The number of methoxy groups -OCH3 is 1. The topological polar surface area (TPSA) is 66.8 Å². The molecule has 5 nitrogen and oxygen atoms in total. The summed E-state index contributed by atoms with van der Waals surface area (Å²) in [5.41, 5.74) is 2.41. The molecule has 0 bridgehead atoms. The summed E-state index contributed by atoms with van der Waals surface area (Å²) in [4.78, 5) is 27.9. The minimum atomic E-state index is -0.847. The maximum Gasteiger partial charge on any atom is 0.300 e. The fourth-order valence-corrected chi connectivity index (χ4v) is 4.60. The van der Waals surface area contributed by atoms with Gasteiger partial charge in [0.05, 0.1) is 29.3 Å². The van der Waals surface area contributed by atoms with E-state index in [-0.39, 0.29) is 26.9 Å². The molecule has 1 heterocycles. The number of aryl methyl sites for hydroxylation is 1. The average Bonchev–Trinajstić information content (AvgIpc) is 3.09. The standard InChI is InChI=1S/C26H21Cl2NO4/c1-3-15-9-11-16(12-10-15)22-21(23(30)19-13-17(27)14-20(28)25(19)33-2)24(31)26(32)29(22)18-7-5-4-6-8-18/h4-14,22,30H,3H2,1-2H3/b23-21+. The van der Waals surface area contributed by atoms with Gasteiger partial charge in [-0.2, -0.15) is 0 Å². The molecule has 1 amide bonds. The molecule has 0 spiro atoms. The lowest BCUT2D eigenvalue weighted by Gasteiger charge is -2.25. The van der Waals surface area contributed by atoms with E-state index in [1.165, 1.54) is 24.1 Å². The first kappa shape index (κ1) is 22.9. The van der Waals surface area contributed by atoms with Gasteiger partial charge in [-0.15, -0.1) is 0 Å². The van der Waals surface area contributed by atoms with E-state index in [9.17, 15) is 14.7 Å². The Kier molecular flexibility index (Phi) is 6.45. The van der Waals surface area contributed by atoms with Gasteiger partial charge in [0.1, 0.15) is 11.5 Å². The van der Waals surface area contributed by atoms with Crippen molar-refractivity contribution in [2.75, 3.05) is 12.0 Å². The zero-order valence-electron chi connectivity index (χ0n) is 18.0. The van der Waals surface area contributed by atoms with Gasteiger partial charge in [0, 0.05) is 10.7 Å². The van der Waals surface area contributed by atoms with E-state index >= 15 is 0 Å². The van der Waals surface area contributed by atoms with Crippen molar-refractivity contribution >= 4 is 46.3 Å². The van der Waals surface area contributed by atoms with Crippen molar-refractivity contribution in [1.29, 1.82) is 0 Å². The zero-order valence-corrected chi connectivity index (χ0v) is 19.5. The molecule has 0 aliphatic carbocycles. The van der Waals surface area contributed by atoms with Crippen molar-refractivity contribution in [3.05, 3.63) is 99.0 Å². The lowest BCUT2D eigenvalue weighted by Crippen LogP contribution is -2.29. The highest BCUT2D eigenvalue weighted by Crippen LogP contribution is 2.44. The third-order valence-electron chi connectivity index (χ3n) is 5.65. The molecule has 0 radical (unpaired) electrons. The van der Waals surface area contributed by atoms with E-state index in [1.54, 1.807) is 24.3 Å². The van der Waals surface area contributed by atoms with E-state index in [2.05, 4.69) is 0 Å². The predicted octanol–water partition coefficient (Wildman–Crippen LogP) is 6.19. The molecule has 1 fully saturated rings. The number of aliphatic hydroxyl groups is 1. The number of hydrogen-bond donors (Lipinski definition) is 1. The van der Waals surface area contributed by atoms with Gasteiger partial charge in [-0.25, -0.2) is 0 Å². The molecule has 1 unspecified atom stereocenters. The number of anilines is 1. The quantitative estimate of drug-likeness (QED) is 0.268. The molecule has 1 N–H and O–H groups in total. The highest BCUT2D eigenvalue weighted by Gasteiger charge is 2.47. The number of benzene rings is 3. The van der Waals surface area contributed by atoms with Gasteiger partial charge in [-0.05, 0) is 41.8 Å². The average molecular weight is 482 g/mol. The van der Waals surface area contributed by atoms with Crippen LogP contribution in [0.4, 0.5) is 5.69 Å². The molecule has 168 valence electrons. The number of ketones is 1. The molecule has 0 saturated carbocycles. The van der Waals surface area contributed by atoms with E-state index in [0.717, 1.165) is 12.0 Å². The van der Waals surface area contributed by atoms with Gasteiger partial charge < -0.3 is 9.84 Å². The molecule has 1 aliphatic rings. The number of carbonyl (C=O) groups is 2. The Hall–Kier alpha value is -3.28. The third-order valence-corrected chi connectivity index (χ3v) is 6.15. The van der Waals surface area contributed by atoms with Gasteiger partial charge in [0.2, 0.25) is 0 Å². The number of rotatable bonds is 5. The Morgan fingerprint density at radius 1 is 1.03 bits per heavy atom. The van der Waals surface area contributed by atoms with Gasteiger partial charge in [-0.1, -0.05) is 72.6 Å². The second-order valence-corrected chi connectivity index (χ2v) is 8.41. The van der Waals surface area contributed by atoms with Crippen LogP contribution in [0.25, 0.3) is 5.76 Å². The summed E-state index contributed by atoms with van der Waals surface area (Å²) in [7, 11) is 1.40. The first-order valence-electron chi connectivity index (χ1n) is 10.4. The smallest absolute Gasteiger partial charge is 0.300 e. The number of para-hydroxylation sites is 1. The van der Waals surface area contributed by atoms with Crippen molar-refractivity contribution < 1.29 is 19.4 Å². The van der Waals surface area contributed by atoms with Crippen molar-refractivity contribution in [3.8, 4) is 5.75 Å².